The fourth-order valence-corrected chi connectivity index (χ4v) is 21.2. The Balaban J connectivity index is 0.930. The molecule has 1 saturated heterocycles. The monoisotopic (exact) mass is 991 g/mol. The van der Waals surface area contributed by atoms with Crippen molar-refractivity contribution in [1.82, 2.24) is 10.2 Å². The van der Waals surface area contributed by atoms with Crippen LogP contribution >= 0.6 is 21.6 Å². The number of aromatic hydroxyl groups is 1. The number of amides is 1. The van der Waals surface area contributed by atoms with Crippen LogP contribution in [-0.2, 0) is 27.3 Å². The zero-order valence-corrected chi connectivity index (χ0v) is 43.3. The largest absolute Gasteiger partial charge is 0.504 e. The number of nitrogens with zero attached hydrogens (tertiary/aromatic N) is 2. The molecule has 0 radical (unpaired) electrons. The van der Waals surface area contributed by atoms with Crippen LogP contribution < -0.4 is 15.8 Å². The highest BCUT2D eigenvalue weighted by atomic mass is 33.1. The van der Waals surface area contributed by atoms with Crippen LogP contribution in [0.4, 0.5) is 0 Å². The summed E-state index contributed by atoms with van der Waals surface area (Å²) in [5.74, 6) is 3.55. The second kappa shape index (κ2) is 18.5. The van der Waals surface area contributed by atoms with Gasteiger partial charge in [0, 0.05) is 84.9 Å². The molecule has 4 spiro atoms. The second-order valence-corrected chi connectivity index (χ2v) is 27.1. The van der Waals surface area contributed by atoms with Gasteiger partial charge in [-0.05, 0) is 156 Å². The van der Waals surface area contributed by atoms with Crippen molar-refractivity contribution in [2.24, 2.45) is 51.1 Å². The van der Waals surface area contributed by atoms with Gasteiger partial charge in [0.15, 0.2) is 17.5 Å². The molecule has 70 heavy (non-hydrogen) atoms. The molecule has 14 rings (SSSR count). The number of esters is 1. The highest BCUT2D eigenvalue weighted by molar-refractivity contribution is 8.77. The molecule has 12 aliphatic rings. The molecule has 1 amide bonds. The Labute approximate surface area is 424 Å². The van der Waals surface area contributed by atoms with E-state index in [1.165, 1.54) is 51.0 Å². The van der Waals surface area contributed by atoms with Gasteiger partial charge in [-0.25, -0.2) is 0 Å². The number of rotatable bonds is 2. The molecule has 12 unspecified atom stereocenters. The highest BCUT2D eigenvalue weighted by Crippen LogP contribution is 2.64. The van der Waals surface area contributed by atoms with Gasteiger partial charge in [0.25, 0.3) is 0 Å². The van der Waals surface area contributed by atoms with E-state index in [2.05, 4.69) is 53.9 Å². The summed E-state index contributed by atoms with van der Waals surface area (Å²) < 4.78 is 13.8. The molecule has 12 atom stereocenters. The van der Waals surface area contributed by atoms with E-state index in [1.54, 1.807) is 0 Å². The lowest BCUT2D eigenvalue weighted by Crippen LogP contribution is -2.56. The lowest BCUT2D eigenvalue weighted by Gasteiger charge is -2.54. The Morgan fingerprint density at radius 3 is 2.59 bits per heavy atom. The van der Waals surface area contributed by atoms with Gasteiger partial charge in [0.1, 0.15) is 16.1 Å². The minimum atomic E-state index is -0.767. The Morgan fingerprint density at radius 1 is 0.914 bits per heavy atom. The molecular weight excluding hydrogens is 913 g/mol. The Morgan fingerprint density at radius 2 is 1.74 bits per heavy atom. The van der Waals surface area contributed by atoms with Gasteiger partial charge in [-0.1, -0.05) is 83.7 Å². The van der Waals surface area contributed by atoms with E-state index < -0.39 is 17.3 Å². The lowest BCUT2D eigenvalue weighted by atomic mass is 9.57. The quantitative estimate of drug-likeness (QED) is 0.130. The SMILES string of the molecule is CC(=O)OC12CC(O)C3CCCCCSSC4(CCCC45CCCC5)NC(N)=NCC4CCC(c5ccccc5)C45CC(=O)N(Cc4cc(c6c(c4O)OC47C=CC6CC4CCC7)CC1CCC3C2)C5. The zero-order valence-electron chi connectivity index (χ0n) is 41.6. The maximum atomic E-state index is 14.9. The Bertz CT molecular complexity index is 2380. The first-order valence-corrected chi connectivity index (χ1v) is 30.1. The van der Waals surface area contributed by atoms with Crippen molar-refractivity contribution < 1.29 is 29.3 Å². The highest BCUT2D eigenvalue weighted by Gasteiger charge is 2.60. The smallest absolute Gasteiger partial charge is 0.303 e. The number of aliphatic hydroxyl groups is 1. The van der Waals surface area contributed by atoms with Crippen LogP contribution in [0.15, 0.2) is 53.5 Å². The van der Waals surface area contributed by atoms with Crippen molar-refractivity contribution in [1.29, 1.82) is 0 Å². The Kier molecular flexibility index (Phi) is 12.6. The van der Waals surface area contributed by atoms with Gasteiger partial charge in [-0.3, -0.25) is 14.6 Å². The van der Waals surface area contributed by atoms with Gasteiger partial charge in [-0.15, -0.1) is 0 Å². The first kappa shape index (κ1) is 47.6. The number of benzene rings is 2. The van der Waals surface area contributed by atoms with Crippen LogP contribution in [0.25, 0.3) is 0 Å². The van der Waals surface area contributed by atoms with E-state index in [-0.39, 0.29) is 69.5 Å². The van der Waals surface area contributed by atoms with Crippen LogP contribution in [0.3, 0.4) is 0 Å². The molecule has 6 saturated carbocycles. The number of carbonyl (C=O) groups is 2. The van der Waals surface area contributed by atoms with Gasteiger partial charge in [-0.2, -0.15) is 0 Å². The third-order valence-corrected chi connectivity index (χ3v) is 24.2. The van der Waals surface area contributed by atoms with Crippen LogP contribution in [-0.4, -0.2) is 74.0 Å². The summed E-state index contributed by atoms with van der Waals surface area (Å²) in [6.07, 6.45) is 27.3. The van der Waals surface area contributed by atoms with Crippen LogP contribution in [0.2, 0.25) is 0 Å². The number of fused-ring (bicyclic) bond motifs is 10. The Hall–Kier alpha value is -3.35. The number of aliphatic hydroxyl groups excluding tert-OH is 1. The molecule has 5 N–H and O–H groups in total. The van der Waals surface area contributed by atoms with Crippen LogP contribution in [0.1, 0.15) is 182 Å². The number of hydrogen-bond donors (Lipinski definition) is 4. The summed E-state index contributed by atoms with van der Waals surface area (Å²) in [6.45, 7) is 2.98. The molecule has 2 aromatic rings. The molecule has 7 fully saturated rings. The molecule has 378 valence electrons. The molecule has 12 heteroatoms. The van der Waals surface area contributed by atoms with Crippen LogP contribution in [0, 0.1) is 40.4 Å². The molecule has 2 aromatic carbocycles. The van der Waals surface area contributed by atoms with E-state index in [0.29, 0.717) is 55.9 Å². The molecule has 0 aromatic heterocycles. The van der Waals surface area contributed by atoms with Gasteiger partial charge >= 0.3 is 5.97 Å². The van der Waals surface area contributed by atoms with E-state index >= 15 is 0 Å². The first-order valence-electron chi connectivity index (χ1n) is 27.8. The normalized spacial score (nSPS) is 40.1. The molecule has 7 aliphatic carbocycles. The molecule has 5 heterocycles. The van der Waals surface area contributed by atoms with Gasteiger partial charge in [0.2, 0.25) is 5.91 Å². The lowest BCUT2D eigenvalue weighted by molar-refractivity contribution is -0.195. The summed E-state index contributed by atoms with van der Waals surface area (Å²) in [5, 5.41) is 28.8. The standard InChI is InChI=1S/C58H78N4O6S2/c1-37(63)67-57-31-40-16-17-44(57)30-41-28-42(51(66)52-50(41)39-20-26-56(68-52)24-10-14-43(56)29-39)35-62-36-55(33-49(62)65)45(18-19-47(55)38-12-4-2-5-13-38)34-60-53(59)61-58(25-11-23-54(58)21-7-8-22-54)70-69-27-9-3-6-15-46(40)48(64)32-57/h2,4-5,12-13,20,26,28,39-40,43-48,64,66H,3,6-11,14-19,21-25,27,29-36H2,1H3,(H3,59,60,61). The fourth-order valence-electron chi connectivity index (χ4n) is 17.6. The van der Waals surface area contributed by atoms with E-state index in [9.17, 15) is 19.8 Å². The maximum Gasteiger partial charge on any atom is 0.303 e. The third-order valence-electron chi connectivity index (χ3n) is 20.9. The zero-order chi connectivity index (χ0) is 47.9. The predicted molar refractivity (Wildman–Crippen MR) is 278 cm³/mol. The maximum absolute atomic E-state index is 14.9. The number of phenolic OH excluding ortho intramolecular Hbond substituents is 1. The summed E-state index contributed by atoms with van der Waals surface area (Å²) in [4.78, 5) is 35.2. The van der Waals surface area contributed by atoms with Crippen molar-refractivity contribution in [3.05, 3.63) is 70.8 Å². The number of ether oxygens (including phenoxy) is 2. The number of guanidine groups is 1. The van der Waals surface area contributed by atoms with E-state index in [0.717, 1.165) is 112 Å². The summed E-state index contributed by atoms with van der Waals surface area (Å²) in [6, 6.07) is 13.0. The average Bonchev–Trinajstić information content (AvgIpc) is 4.16. The number of nitrogens with one attached hydrogen (secondary N) is 1. The van der Waals surface area contributed by atoms with Gasteiger partial charge < -0.3 is 35.6 Å². The molecule has 10 bridgehead atoms. The fraction of sp³-hybridized carbons (Fsp3) is 0.707. The number of hydrogen-bond acceptors (Lipinski definition) is 11. The number of allylic oxidation sites excluding steroid dienone is 1. The van der Waals surface area contributed by atoms with Gasteiger partial charge in [0.05, 0.1) is 6.10 Å². The van der Waals surface area contributed by atoms with Crippen molar-refractivity contribution >= 4 is 39.4 Å². The average molecular weight is 991 g/mol. The summed E-state index contributed by atoms with van der Waals surface area (Å²) >= 11 is 0. The second-order valence-electron chi connectivity index (χ2n) is 24.3. The summed E-state index contributed by atoms with van der Waals surface area (Å²) in [7, 11) is 4.05. The number of aliphatic imine (C=N–C) groups is 1. The van der Waals surface area contributed by atoms with Crippen molar-refractivity contribution in [2.45, 2.75) is 195 Å². The van der Waals surface area contributed by atoms with Crippen molar-refractivity contribution in [3.63, 3.8) is 0 Å². The van der Waals surface area contributed by atoms with Crippen molar-refractivity contribution in [3.8, 4) is 11.5 Å². The minimum Gasteiger partial charge on any atom is -0.504 e. The number of nitrogens with two attached hydrogens (primary N) is 1. The summed E-state index contributed by atoms with van der Waals surface area (Å²) in [5.41, 5.74) is 9.95. The van der Waals surface area contributed by atoms with E-state index in [1.807, 2.05) is 26.5 Å². The van der Waals surface area contributed by atoms with E-state index in [4.69, 9.17) is 20.2 Å². The third kappa shape index (κ3) is 8.03. The molecule has 5 aliphatic heterocycles. The molecular formula is C58H78N4O6S2. The van der Waals surface area contributed by atoms with Crippen molar-refractivity contribution in [2.75, 3.05) is 18.8 Å². The van der Waals surface area contributed by atoms with Crippen LogP contribution in [0.5, 0.6) is 11.5 Å². The number of phenols is 1. The minimum absolute atomic E-state index is 0.00324. The first-order chi connectivity index (χ1) is 33.9. The topological polar surface area (TPSA) is 147 Å². The number of carbonyl (C=O) groups excluding carboxylic acids is 2. The predicted octanol–water partition coefficient (Wildman–Crippen LogP) is 11.2. The molecule has 10 nitrogen and oxygen atoms in total.